The largest absolute Gasteiger partial charge is 0.366 e. The van der Waals surface area contributed by atoms with Crippen LogP contribution in [0.5, 0.6) is 0 Å². The lowest BCUT2D eigenvalue weighted by molar-refractivity contribution is 0.0738. The van der Waals surface area contributed by atoms with Gasteiger partial charge in [0.05, 0.1) is 5.69 Å². The summed E-state index contributed by atoms with van der Waals surface area (Å²) in [6.45, 7) is 2.08. The zero-order chi connectivity index (χ0) is 16.4. The number of carbonyl (C=O) groups is 1. The van der Waals surface area contributed by atoms with Crippen molar-refractivity contribution in [3.05, 3.63) is 58.3 Å². The van der Waals surface area contributed by atoms with E-state index < -0.39 is 0 Å². The molecule has 120 valence electrons. The van der Waals surface area contributed by atoms with Crippen LogP contribution in [0, 0.1) is 5.82 Å². The lowest BCUT2D eigenvalue weighted by Crippen LogP contribution is -2.49. The maximum atomic E-state index is 13.8. The fourth-order valence-corrected chi connectivity index (χ4v) is 2.64. The molecule has 1 aliphatic heterocycles. The summed E-state index contributed by atoms with van der Waals surface area (Å²) >= 11 is 0. The van der Waals surface area contributed by atoms with Crippen molar-refractivity contribution >= 4 is 11.6 Å². The van der Waals surface area contributed by atoms with Crippen LogP contribution in [0.15, 0.2) is 41.2 Å². The lowest BCUT2D eigenvalue weighted by Gasteiger charge is -2.36. The highest BCUT2D eigenvalue weighted by Gasteiger charge is 2.24. The number of aryl methyl sites for hydroxylation is 1. The number of benzene rings is 1. The summed E-state index contributed by atoms with van der Waals surface area (Å²) in [5, 5.41) is 3.98. The number of carbonyl (C=O) groups excluding carboxylic acids is 1. The molecule has 0 bridgehead atoms. The number of anilines is 1. The first kappa shape index (κ1) is 15.2. The van der Waals surface area contributed by atoms with E-state index in [9.17, 15) is 14.0 Å². The van der Waals surface area contributed by atoms with E-state index in [0.29, 0.717) is 31.9 Å². The summed E-state index contributed by atoms with van der Waals surface area (Å²) in [6, 6.07) is 9.39. The number of rotatable bonds is 2. The Kier molecular flexibility index (Phi) is 4.10. The molecule has 2 aromatic rings. The first-order chi connectivity index (χ1) is 11.1. The van der Waals surface area contributed by atoms with Crippen LogP contribution in [-0.2, 0) is 7.05 Å². The van der Waals surface area contributed by atoms with Crippen LogP contribution in [0.3, 0.4) is 0 Å². The first-order valence-electron chi connectivity index (χ1n) is 7.39. The van der Waals surface area contributed by atoms with Crippen LogP contribution in [0.25, 0.3) is 0 Å². The number of piperazine rings is 1. The Balaban J connectivity index is 1.69. The van der Waals surface area contributed by atoms with Crippen molar-refractivity contribution in [3.63, 3.8) is 0 Å². The van der Waals surface area contributed by atoms with E-state index in [1.807, 2.05) is 4.90 Å². The topological polar surface area (TPSA) is 58.4 Å². The predicted octanol–water partition coefficient (Wildman–Crippen LogP) is 0.882. The highest BCUT2D eigenvalue weighted by Crippen LogP contribution is 2.20. The Hall–Kier alpha value is -2.70. The molecule has 0 spiro atoms. The maximum Gasteiger partial charge on any atom is 0.274 e. The van der Waals surface area contributed by atoms with Crippen molar-refractivity contribution in [1.82, 2.24) is 14.7 Å². The standard InChI is InChI=1S/C16H17FN4O2/c1-19-15(22)7-6-13(18-19)16(23)21-10-8-20(9-11-21)14-5-3-2-4-12(14)17/h2-7H,8-11H2,1H3. The lowest BCUT2D eigenvalue weighted by atomic mass is 10.2. The monoisotopic (exact) mass is 316 g/mol. The van der Waals surface area contributed by atoms with Gasteiger partial charge < -0.3 is 9.80 Å². The van der Waals surface area contributed by atoms with Crippen LogP contribution >= 0.6 is 0 Å². The Morgan fingerprint density at radius 2 is 1.78 bits per heavy atom. The van der Waals surface area contributed by atoms with E-state index >= 15 is 0 Å². The molecule has 2 heterocycles. The summed E-state index contributed by atoms with van der Waals surface area (Å²) in [5.41, 5.74) is 0.539. The number of hydrogen-bond donors (Lipinski definition) is 0. The van der Waals surface area contributed by atoms with Crippen molar-refractivity contribution in [2.45, 2.75) is 0 Å². The average Bonchev–Trinajstić information content (AvgIpc) is 2.57. The number of halogens is 1. The van der Waals surface area contributed by atoms with Gasteiger partial charge in [-0.15, -0.1) is 0 Å². The zero-order valence-electron chi connectivity index (χ0n) is 12.8. The highest BCUT2D eigenvalue weighted by molar-refractivity contribution is 5.92. The second-order valence-electron chi connectivity index (χ2n) is 5.41. The van der Waals surface area contributed by atoms with Crippen LogP contribution < -0.4 is 10.5 Å². The molecule has 0 unspecified atom stereocenters. The van der Waals surface area contributed by atoms with Gasteiger partial charge in [-0.2, -0.15) is 5.10 Å². The molecule has 0 N–H and O–H groups in total. The maximum absolute atomic E-state index is 13.8. The molecule has 1 amide bonds. The van der Waals surface area contributed by atoms with Crippen LogP contribution in [0.2, 0.25) is 0 Å². The number of hydrogen-bond acceptors (Lipinski definition) is 4. The van der Waals surface area contributed by atoms with E-state index in [4.69, 9.17) is 0 Å². The molecular weight excluding hydrogens is 299 g/mol. The van der Waals surface area contributed by atoms with E-state index in [-0.39, 0.29) is 23.0 Å². The van der Waals surface area contributed by atoms with Crippen molar-refractivity contribution in [3.8, 4) is 0 Å². The van der Waals surface area contributed by atoms with Crippen LogP contribution in [0.1, 0.15) is 10.5 Å². The molecule has 1 fully saturated rings. The molecule has 1 aromatic carbocycles. The second kappa shape index (κ2) is 6.20. The summed E-state index contributed by atoms with van der Waals surface area (Å²) in [5.74, 6) is -0.471. The SMILES string of the molecule is Cn1nc(C(=O)N2CCN(c3ccccc3F)CC2)ccc1=O. The Labute approximate surface area is 132 Å². The van der Waals surface area contributed by atoms with Gasteiger partial charge in [-0.05, 0) is 18.2 Å². The molecule has 6 nitrogen and oxygen atoms in total. The number of amides is 1. The Bertz CT molecular complexity index is 782. The molecule has 0 aliphatic carbocycles. The van der Waals surface area contributed by atoms with Gasteiger partial charge in [0.15, 0.2) is 0 Å². The van der Waals surface area contributed by atoms with Gasteiger partial charge in [-0.25, -0.2) is 9.07 Å². The first-order valence-corrected chi connectivity index (χ1v) is 7.39. The molecule has 0 saturated carbocycles. The molecular formula is C16H17FN4O2. The van der Waals surface area contributed by atoms with Gasteiger partial charge in [0, 0.05) is 39.3 Å². The van der Waals surface area contributed by atoms with Gasteiger partial charge in [0.25, 0.3) is 11.5 Å². The molecule has 3 rings (SSSR count). The molecule has 1 aromatic heterocycles. The van der Waals surface area contributed by atoms with E-state index in [2.05, 4.69) is 5.10 Å². The normalized spacial score (nSPS) is 14.9. The predicted molar refractivity (Wildman–Crippen MR) is 84.0 cm³/mol. The average molecular weight is 316 g/mol. The summed E-state index contributed by atoms with van der Waals surface area (Å²) < 4.78 is 15.0. The summed E-state index contributed by atoms with van der Waals surface area (Å²) in [6.07, 6.45) is 0. The Morgan fingerprint density at radius 1 is 1.09 bits per heavy atom. The third-order valence-electron chi connectivity index (χ3n) is 3.94. The van der Waals surface area contributed by atoms with Crippen molar-refractivity contribution in [2.24, 2.45) is 7.05 Å². The molecule has 23 heavy (non-hydrogen) atoms. The van der Waals surface area contributed by atoms with Crippen LogP contribution in [0.4, 0.5) is 10.1 Å². The fraction of sp³-hybridized carbons (Fsp3) is 0.312. The molecule has 1 saturated heterocycles. The molecule has 0 radical (unpaired) electrons. The van der Waals surface area contributed by atoms with E-state index in [1.165, 1.54) is 25.2 Å². The van der Waals surface area contributed by atoms with Crippen molar-refractivity contribution in [1.29, 1.82) is 0 Å². The molecule has 0 atom stereocenters. The second-order valence-corrected chi connectivity index (χ2v) is 5.41. The van der Waals surface area contributed by atoms with Crippen molar-refractivity contribution in [2.75, 3.05) is 31.1 Å². The smallest absolute Gasteiger partial charge is 0.274 e. The Morgan fingerprint density at radius 3 is 2.43 bits per heavy atom. The van der Waals surface area contributed by atoms with Gasteiger partial charge >= 0.3 is 0 Å². The highest BCUT2D eigenvalue weighted by atomic mass is 19.1. The van der Waals surface area contributed by atoms with Crippen LogP contribution in [-0.4, -0.2) is 46.8 Å². The quantitative estimate of drug-likeness (QED) is 0.825. The molecule has 7 heteroatoms. The van der Waals surface area contributed by atoms with Gasteiger partial charge in [-0.1, -0.05) is 12.1 Å². The minimum atomic E-state index is -0.258. The minimum Gasteiger partial charge on any atom is -0.366 e. The molecule has 1 aliphatic rings. The third-order valence-corrected chi connectivity index (χ3v) is 3.94. The summed E-state index contributed by atoms with van der Waals surface area (Å²) in [4.78, 5) is 27.4. The number of nitrogens with zero attached hydrogens (tertiary/aromatic N) is 4. The summed E-state index contributed by atoms with van der Waals surface area (Å²) in [7, 11) is 1.51. The fourth-order valence-electron chi connectivity index (χ4n) is 2.64. The van der Waals surface area contributed by atoms with Gasteiger partial charge in [-0.3, -0.25) is 9.59 Å². The third kappa shape index (κ3) is 3.08. The van der Waals surface area contributed by atoms with Crippen molar-refractivity contribution < 1.29 is 9.18 Å². The van der Waals surface area contributed by atoms with Gasteiger partial charge in [0.1, 0.15) is 11.5 Å². The number of para-hydroxylation sites is 1. The number of aromatic nitrogens is 2. The van der Waals surface area contributed by atoms with E-state index in [1.54, 1.807) is 23.1 Å². The zero-order valence-corrected chi connectivity index (χ0v) is 12.8. The minimum absolute atomic E-state index is 0.214. The van der Waals surface area contributed by atoms with E-state index in [0.717, 1.165) is 4.68 Å². The van der Waals surface area contributed by atoms with Gasteiger partial charge in [0.2, 0.25) is 0 Å².